The summed E-state index contributed by atoms with van der Waals surface area (Å²) in [6.07, 6.45) is 0. The molecular formula is C14H19N3O5. The van der Waals surface area contributed by atoms with Crippen molar-refractivity contribution in [3.63, 3.8) is 0 Å². The van der Waals surface area contributed by atoms with Crippen molar-refractivity contribution >= 4 is 17.6 Å². The molecule has 0 radical (unpaired) electrons. The summed E-state index contributed by atoms with van der Waals surface area (Å²) in [7, 11) is 1.54. The summed E-state index contributed by atoms with van der Waals surface area (Å²) in [6, 6.07) is 4.71. The molecule has 8 heteroatoms. The second kappa shape index (κ2) is 8.08. The number of fused-ring (bicyclic) bond motifs is 1. The van der Waals surface area contributed by atoms with Crippen LogP contribution in [-0.2, 0) is 9.53 Å². The second-order valence-electron chi connectivity index (χ2n) is 4.51. The molecule has 0 atom stereocenters. The van der Waals surface area contributed by atoms with E-state index in [1.54, 1.807) is 25.3 Å². The molecule has 0 unspecified atom stereocenters. The standard InChI is InChI=1S/C14H19N3O5/c1-20-5-4-15-14(19)16-9-13(18)17-10-2-3-11-12(8-10)22-7-6-21-11/h2-3,8H,4-7,9H2,1H3,(H,17,18)(H2,15,16,19). The van der Waals surface area contributed by atoms with E-state index < -0.39 is 6.03 Å². The second-order valence-corrected chi connectivity index (χ2v) is 4.51. The normalized spacial score (nSPS) is 12.4. The lowest BCUT2D eigenvalue weighted by atomic mass is 10.2. The largest absolute Gasteiger partial charge is 0.486 e. The van der Waals surface area contributed by atoms with Gasteiger partial charge in [-0.3, -0.25) is 4.79 Å². The number of ether oxygens (including phenoxy) is 3. The highest BCUT2D eigenvalue weighted by molar-refractivity contribution is 5.94. The van der Waals surface area contributed by atoms with Crippen LogP contribution in [0.5, 0.6) is 11.5 Å². The summed E-state index contributed by atoms with van der Waals surface area (Å²) in [5, 5.41) is 7.68. The van der Waals surface area contributed by atoms with Gasteiger partial charge in [0.25, 0.3) is 0 Å². The van der Waals surface area contributed by atoms with Crippen LogP contribution in [0, 0.1) is 0 Å². The van der Waals surface area contributed by atoms with Crippen molar-refractivity contribution < 1.29 is 23.8 Å². The van der Waals surface area contributed by atoms with Gasteiger partial charge in [0.15, 0.2) is 11.5 Å². The van der Waals surface area contributed by atoms with Crippen LogP contribution in [0.4, 0.5) is 10.5 Å². The molecule has 22 heavy (non-hydrogen) atoms. The summed E-state index contributed by atoms with van der Waals surface area (Å²) in [6.45, 7) is 1.66. The van der Waals surface area contributed by atoms with Gasteiger partial charge in [-0.15, -0.1) is 0 Å². The van der Waals surface area contributed by atoms with Gasteiger partial charge >= 0.3 is 6.03 Å². The number of hydrogen-bond acceptors (Lipinski definition) is 5. The average molecular weight is 309 g/mol. The van der Waals surface area contributed by atoms with Crippen LogP contribution in [0.1, 0.15) is 0 Å². The molecule has 0 saturated carbocycles. The van der Waals surface area contributed by atoms with Gasteiger partial charge < -0.3 is 30.2 Å². The SMILES string of the molecule is COCCNC(=O)NCC(=O)Nc1ccc2c(c1)OCCO2. The van der Waals surface area contributed by atoms with Crippen LogP contribution in [-0.4, -0.2) is 52.0 Å². The van der Waals surface area contributed by atoms with E-state index in [9.17, 15) is 9.59 Å². The van der Waals surface area contributed by atoms with E-state index in [0.717, 1.165) is 0 Å². The zero-order valence-electron chi connectivity index (χ0n) is 12.3. The summed E-state index contributed by atoms with van der Waals surface area (Å²) in [4.78, 5) is 23.1. The number of nitrogens with one attached hydrogen (secondary N) is 3. The Bertz CT molecular complexity index is 535. The van der Waals surface area contributed by atoms with Crippen LogP contribution in [0.15, 0.2) is 18.2 Å². The van der Waals surface area contributed by atoms with Crippen molar-refractivity contribution in [1.29, 1.82) is 0 Å². The van der Waals surface area contributed by atoms with E-state index in [-0.39, 0.29) is 12.5 Å². The number of rotatable bonds is 6. The number of amides is 3. The lowest BCUT2D eigenvalue weighted by Gasteiger charge is -2.19. The first-order valence-electron chi connectivity index (χ1n) is 6.89. The topological polar surface area (TPSA) is 97.9 Å². The van der Waals surface area contributed by atoms with Gasteiger partial charge in [0.05, 0.1) is 13.2 Å². The van der Waals surface area contributed by atoms with Crippen LogP contribution in [0.2, 0.25) is 0 Å². The molecule has 1 aliphatic heterocycles. The first kappa shape index (κ1) is 15.9. The molecule has 0 saturated heterocycles. The minimum Gasteiger partial charge on any atom is -0.486 e. The first-order valence-corrected chi connectivity index (χ1v) is 6.89. The smallest absolute Gasteiger partial charge is 0.315 e. The van der Waals surface area contributed by atoms with E-state index in [4.69, 9.17) is 14.2 Å². The van der Waals surface area contributed by atoms with Gasteiger partial charge in [0.1, 0.15) is 13.2 Å². The molecule has 1 aliphatic rings. The summed E-state index contributed by atoms with van der Waals surface area (Å²) >= 11 is 0. The summed E-state index contributed by atoms with van der Waals surface area (Å²) < 4.78 is 15.6. The lowest BCUT2D eigenvalue weighted by molar-refractivity contribution is -0.115. The molecule has 120 valence electrons. The highest BCUT2D eigenvalue weighted by Crippen LogP contribution is 2.32. The minimum absolute atomic E-state index is 0.132. The molecule has 1 aromatic rings. The van der Waals surface area contributed by atoms with Gasteiger partial charge in [-0.2, -0.15) is 0 Å². The third kappa shape index (κ3) is 4.81. The number of urea groups is 1. The van der Waals surface area contributed by atoms with Gasteiger partial charge in [-0.05, 0) is 12.1 Å². The molecule has 0 aromatic heterocycles. The molecule has 0 spiro atoms. The molecule has 3 N–H and O–H groups in total. The number of carbonyl (C=O) groups excluding carboxylic acids is 2. The number of anilines is 1. The fraction of sp³-hybridized carbons (Fsp3) is 0.429. The Hall–Kier alpha value is -2.48. The van der Waals surface area contributed by atoms with E-state index >= 15 is 0 Å². The summed E-state index contributed by atoms with van der Waals surface area (Å²) in [5.41, 5.74) is 0.579. The van der Waals surface area contributed by atoms with Crippen LogP contribution >= 0.6 is 0 Å². The van der Waals surface area contributed by atoms with Crippen LogP contribution in [0.25, 0.3) is 0 Å². The Morgan fingerprint density at radius 2 is 1.95 bits per heavy atom. The highest BCUT2D eigenvalue weighted by atomic mass is 16.6. The maximum atomic E-state index is 11.8. The van der Waals surface area contributed by atoms with E-state index in [1.165, 1.54) is 0 Å². The van der Waals surface area contributed by atoms with E-state index in [0.29, 0.717) is 43.6 Å². The Morgan fingerprint density at radius 3 is 2.73 bits per heavy atom. The summed E-state index contributed by atoms with van der Waals surface area (Å²) in [5.74, 6) is 0.910. The van der Waals surface area contributed by atoms with Crippen molar-refractivity contribution in [3.05, 3.63) is 18.2 Å². The predicted molar refractivity (Wildman–Crippen MR) is 79.3 cm³/mol. The Balaban J connectivity index is 1.76. The van der Waals surface area contributed by atoms with Crippen molar-refractivity contribution in [2.75, 3.05) is 45.3 Å². The highest BCUT2D eigenvalue weighted by Gasteiger charge is 2.13. The van der Waals surface area contributed by atoms with Gasteiger partial charge in [0.2, 0.25) is 5.91 Å². The lowest BCUT2D eigenvalue weighted by Crippen LogP contribution is -2.41. The maximum Gasteiger partial charge on any atom is 0.315 e. The van der Waals surface area contributed by atoms with Gasteiger partial charge in [0, 0.05) is 25.4 Å². The first-order chi connectivity index (χ1) is 10.7. The maximum absolute atomic E-state index is 11.8. The quantitative estimate of drug-likeness (QED) is 0.658. The predicted octanol–water partition coefficient (Wildman–Crippen LogP) is 0.342. The fourth-order valence-corrected chi connectivity index (χ4v) is 1.82. The number of hydrogen-bond donors (Lipinski definition) is 3. The Labute approximate surface area is 128 Å². The zero-order chi connectivity index (χ0) is 15.8. The van der Waals surface area contributed by atoms with Crippen molar-refractivity contribution in [2.24, 2.45) is 0 Å². The van der Waals surface area contributed by atoms with Gasteiger partial charge in [-0.1, -0.05) is 0 Å². The molecule has 0 bridgehead atoms. The molecule has 2 rings (SSSR count). The molecule has 1 aromatic carbocycles. The molecule has 1 heterocycles. The Morgan fingerprint density at radius 1 is 1.18 bits per heavy atom. The monoisotopic (exact) mass is 309 g/mol. The average Bonchev–Trinajstić information content (AvgIpc) is 2.53. The van der Waals surface area contributed by atoms with Crippen LogP contribution < -0.4 is 25.4 Å². The molecular weight excluding hydrogens is 290 g/mol. The van der Waals surface area contributed by atoms with Crippen molar-refractivity contribution in [3.8, 4) is 11.5 Å². The molecule has 8 nitrogen and oxygen atoms in total. The van der Waals surface area contributed by atoms with E-state index in [2.05, 4.69) is 16.0 Å². The minimum atomic E-state index is -0.422. The third-order valence-electron chi connectivity index (χ3n) is 2.83. The number of methoxy groups -OCH3 is 1. The number of benzene rings is 1. The third-order valence-corrected chi connectivity index (χ3v) is 2.83. The number of carbonyl (C=O) groups is 2. The van der Waals surface area contributed by atoms with Crippen LogP contribution in [0.3, 0.4) is 0 Å². The van der Waals surface area contributed by atoms with E-state index in [1.807, 2.05) is 0 Å². The fourth-order valence-electron chi connectivity index (χ4n) is 1.82. The van der Waals surface area contributed by atoms with Gasteiger partial charge in [-0.25, -0.2) is 4.79 Å². The molecule has 3 amide bonds. The zero-order valence-corrected chi connectivity index (χ0v) is 12.3. The molecule has 0 aliphatic carbocycles. The Kier molecular flexibility index (Phi) is 5.84. The van der Waals surface area contributed by atoms with Crippen molar-refractivity contribution in [1.82, 2.24) is 10.6 Å². The molecule has 0 fully saturated rings. The van der Waals surface area contributed by atoms with Crippen molar-refractivity contribution in [2.45, 2.75) is 0 Å².